The molecule has 106 valence electrons. The summed E-state index contributed by atoms with van der Waals surface area (Å²) in [5.41, 5.74) is 7.02. The van der Waals surface area contributed by atoms with Crippen molar-refractivity contribution in [3.05, 3.63) is 36.4 Å². The summed E-state index contributed by atoms with van der Waals surface area (Å²) in [6.45, 7) is 6.50. The molecule has 0 aromatic heterocycles. The molecule has 0 aliphatic carbocycles. The van der Waals surface area contributed by atoms with Gasteiger partial charge in [-0.25, -0.2) is 13.1 Å². The highest BCUT2D eigenvalue weighted by atomic mass is 32.2. The van der Waals surface area contributed by atoms with Crippen LogP contribution in [0.25, 0.3) is 0 Å². The molecule has 0 fully saturated rings. The Kier molecular flexibility index (Phi) is 6.01. The van der Waals surface area contributed by atoms with Gasteiger partial charge in [0.25, 0.3) is 0 Å². The molecule has 0 radical (unpaired) electrons. The van der Waals surface area contributed by atoms with Crippen LogP contribution in [0.5, 0.6) is 0 Å². The molecule has 0 aliphatic rings. The second kappa shape index (κ2) is 7.28. The molecule has 0 saturated heterocycles. The van der Waals surface area contributed by atoms with Gasteiger partial charge in [-0.3, -0.25) is 0 Å². The van der Waals surface area contributed by atoms with Crippen LogP contribution in [-0.4, -0.2) is 28.2 Å². The molecular formula is C13H20N2O3S. The Morgan fingerprint density at radius 2 is 2.16 bits per heavy atom. The third-order valence-electron chi connectivity index (χ3n) is 2.57. The largest absolute Gasteiger partial charge is 0.398 e. The summed E-state index contributed by atoms with van der Waals surface area (Å²) >= 11 is 0. The predicted octanol–water partition coefficient (Wildman–Crippen LogP) is 1.45. The molecule has 0 amide bonds. The fourth-order valence-electron chi connectivity index (χ4n) is 1.39. The van der Waals surface area contributed by atoms with E-state index in [1.165, 1.54) is 12.1 Å². The van der Waals surface area contributed by atoms with Gasteiger partial charge in [-0.1, -0.05) is 12.1 Å². The number of rotatable bonds is 8. The zero-order valence-electron chi connectivity index (χ0n) is 11.1. The van der Waals surface area contributed by atoms with Crippen LogP contribution in [-0.2, 0) is 14.8 Å². The molecule has 3 N–H and O–H groups in total. The lowest BCUT2D eigenvalue weighted by atomic mass is 10.2. The standard InChI is InChI=1S/C13H20N2O3S/c1-3-4-8-18-9-7-15-19(16,17)12-6-5-11(2)13(14)10-12/h3,5-6,10,15H,1,4,7-9,14H2,2H3. The van der Waals surface area contributed by atoms with Crippen LogP contribution in [0.15, 0.2) is 35.7 Å². The quantitative estimate of drug-likeness (QED) is 0.430. The molecule has 5 nitrogen and oxygen atoms in total. The summed E-state index contributed by atoms with van der Waals surface area (Å²) in [5.74, 6) is 0. The summed E-state index contributed by atoms with van der Waals surface area (Å²) in [4.78, 5) is 0.168. The highest BCUT2D eigenvalue weighted by Gasteiger charge is 2.13. The first-order chi connectivity index (χ1) is 8.97. The van der Waals surface area contributed by atoms with Crippen molar-refractivity contribution in [1.29, 1.82) is 0 Å². The number of nitrogen functional groups attached to an aromatic ring is 1. The van der Waals surface area contributed by atoms with Crippen LogP contribution in [0.1, 0.15) is 12.0 Å². The topological polar surface area (TPSA) is 81.4 Å². The zero-order valence-corrected chi connectivity index (χ0v) is 11.9. The average Bonchev–Trinajstić information content (AvgIpc) is 2.36. The van der Waals surface area contributed by atoms with E-state index >= 15 is 0 Å². The molecule has 0 aliphatic heterocycles. The number of benzene rings is 1. The van der Waals surface area contributed by atoms with Crippen molar-refractivity contribution in [2.45, 2.75) is 18.2 Å². The lowest BCUT2D eigenvalue weighted by Gasteiger charge is -2.08. The maximum absolute atomic E-state index is 11.9. The molecule has 1 aromatic rings. The Hall–Kier alpha value is -1.37. The maximum Gasteiger partial charge on any atom is 0.240 e. The summed E-state index contributed by atoms with van der Waals surface area (Å²) in [5, 5.41) is 0. The van der Waals surface area contributed by atoms with Crippen molar-refractivity contribution in [2.24, 2.45) is 0 Å². The normalized spacial score (nSPS) is 11.4. The highest BCUT2D eigenvalue weighted by molar-refractivity contribution is 7.89. The first kappa shape index (κ1) is 15.7. The van der Waals surface area contributed by atoms with Crippen molar-refractivity contribution < 1.29 is 13.2 Å². The van der Waals surface area contributed by atoms with E-state index in [4.69, 9.17) is 10.5 Å². The van der Waals surface area contributed by atoms with Gasteiger partial charge in [0.15, 0.2) is 0 Å². The van der Waals surface area contributed by atoms with E-state index < -0.39 is 10.0 Å². The number of aryl methyl sites for hydroxylation is 1. The van der Waals surface area contributed by atoms with Crippen LogP contribution < -0.4 is 10.5 Å². The van der Waals surface area contributed by atoms with Gasteiger partial charge in [0.05, 0.1) is 18.1 Å². The van der Waals surface area contributed by atoms with E-state index in [1.807, 2.05) is 6.92 Å². The molecular weight excluding hydrogens is 264 g/mol. The fourth-order valence-corrected chi connectivity index (χ4v) is 2.43. The van der Waals surface area contributed by atoms with Crippen molar-refractivity contribution in [1.82, 2.24) is 4.72 Å². The van der Waals surface area contributed by atoms with E-state index in [2.05, 4.69) is 11.3 Å². The second-order valence-corrected chi connectivity index (χ2v) is 5.87. The molecule has 1 rings (SSSR count). The Labute approximate surface area is 114 Å². The summed E-state index contributed by atoms with van der Waals surface area (Å²) in [7, 11) is -3.52. The number of anilines is 1. The Bertz CT molecular complexity index is 527. The van der Waals surface area contributed by atoms with Crippen molar-refractivity contribution in [2.75, 3.05) is 25.5 Å². The van der Waals surface area contributed by atoms with Gasteiger partial charge in [0.2, 0.25) is 10.0 Å². The van der Waals surface area contributed by atoms with Gasteiger partial charge in [-0.2, -0.15) is 0 Å². The van der Waals surface area contributed by atoms with Crippen molar-refractivity contribution in [3.63, 3.8) is 0 Å². The first-order valence-electron chi connectivity index (χ1n) is 6.02. The number of nitrogens with one attached hydrogen (secondary N) is 1. The predicted molar refractivity (Wildman–Crippen MR) is 76.4 cm³/mol. The Morgan fingerprint density at radius 1 is 1.42 bits per heavy atom. The minimum atomic E-state index is -3.52. The smallest absolute Gasteiger partial charge is 0.240 e. The SMILES string of the molecule is C=CCCOCCNS(=O)(=O)c1ccc(C)c(N)c1. The van der Waals surface area contributed by atoms with E-state index in [-0.39, 0.29) is 11.4 Å². The Morgan fingerprint density at radius 3 is 2.79 bits per heavy atom. The third kappa shape index (κ3) is 5.02. The highest BCUT2D eigenvalue weighted by Crippen LogP contribution is 2.16. The maximum atomic E-state index is 11.9. The van der Waals surface area contributed by atoms with E-state index in [0.717, 1.165) is 12.0 Å². The van der Waals surface area contributed by atoms with Gasteiger partial charge in [-0.15, -0.1) is 6.58 Å². The molecule has 0 spiro atoms. The van der Waals surface area contributed by atoms with Crippen LogP contribution in [0.3, 0.4) is 0 Å². The van der Waals surface area contributed by atoms with Crippen molar-refractivity contribution >= 4 is 15.7 Å². The minimum absolute atomic E-state index is 0.168. The second-order valence-electron chi connectivity index (χ2n) is 4.11. The number of hydrogen-bond acceptors (Lipinski definition) is 4. The van der Waals surface area contributed by atoms with Gasteiger partial charge >= 0.3 is 0 Å². The number of hydrogen-bond donors (Lipinski definition) is 2. The molecule has 0 heterocycles. The fraction of sp³-hybridized carbons (Fsp3) is 0.385. The summed E-state index contributed by atoms with van der Waals surface area (Å²) in [6.07, 6.45) is 2.50. The molecule has 6 heteroatoms. The number of ether oxygens (including phenoxy) is 1. The monoisotopic (exact) mass is 284 g/mol. The summed E-state index contributed by atoms with van der Waals surface area (Å²) < 4.78 is 31.6. The Balaban J connectivity index is 2.51. The lowest BCUT2D eigenvalue weighted by molar-refractivity contribution is 0.144. The molecule has 19 heavy (non-hydrogen) atoms. The van der Waals surface area contributed by atoms with E-state index in [9.17, 15) is 8.42 Å². The molecule has 0 bridgehead atoms. The van der Waals surface area contributed by atoms with E-state index in [1.54, 1.807) is 12.1 Å². The van der Waals surface area contributed by atoms with Gasteiger partial charge in [0, 0.05) is 12.2 Å². The molecule has 0 saturated carbocycles. The van der Waals surface area contributed by atoms with Gasteiger partial charge in [0.1, 0.15) is 0 Å². The number of sulfonamides is 1. The molecule has 1 aromatic carbocycles. The summed E-state index contributed by atoms with van der Waals surface area (Å²) in [6, 6.07) is 4.67. The minimum Gasteiger partial charge on any atom is -0.398 e. The van der Waals surface area contributed by atoms with Crippen LogP contribution in [0.4, 0.5) is 5.69 Å². The third-order valence-corrected chi connectivity index (χ3v) is 4.02. The average molecular weight is 284 g/mol. The lowest BCUT2D eigenvalue weighted by Crippen LogP contribution is -2.27. The zero-order chi connectivity index (χ0) is 14.3. The molecule has 0 unspecified atom stereocenters. The first-order valence-corrected chi connectivity index (χ1v) is 7.50. The van der Waals surface area contributed by atoms with Crippen molar-refractivity contribution in [3.8, 4) is 0 Å². The molecule has 0 atom stereocenters. The van der Waals surface area contributed by atoms with Crippen LogP contribution in [0, 0.1) is 6.92 Å². The van der Waals surface area contributed by atoms with Gasteiger partial charge in [-0.05, 0) is 31.0 Å². The van der Waals surface area contributed by atoms with E-state index in [0.29, 0.717) is 18.9 Å². The van der Waals surface area contributed by atoms with Crippen LogP contribution in [0.2, 0.25) is 0 Å². The number of nitrogens with two attached hydrogens (primary N) is 1. The van der Waals surface area contributed by atoms with Crippen LogP contribution >= 0.6 is 0 Å². The van der Waals surface area contributed by atoms with Gasteiger partial charge < -0.3 is 10.5 Å².